The van der Waals surface area contributed by atoms with Gasteiger partial charge < -0.3 is 29.2 Å². The lowest BCUT2D eigenvalue weighted by Gasteiger charge is -2.31. The summed E-state index contributed by atoms with van der Waals surface area (Å²) < 4.78 is 23.7. The first kappa shape index (κ1) is 27.4. The molecule has 3 aromatic carbocycles. The summed E-state index contributed by atoms with van der Waals surface area (Å²) in [6.07, 6.45) is 0. The van der Waals surface area contributed by atoms with Gasteiger partial charge in [0.1, 0.15) is 16.5 Å². The van der Waals surface area contributed by atoms with Crippen LogP contribution in [0.5, 0.6) is 11.5 Å². The zero-order valence-corrected chi connectivity index (χ0v) is 23.3. The Morgan fingerprint density at radius 3 is 2.48 bits per heavy atom. The van der Waals surface area contributed by atoms with Crippen LogP contribution in [0.1, 0.15) is 24.2 Å². The second kappa shape index (κ2) is 12.8. The Balaban J connectivity index is 1.31. The van der Waals surface area contributed by atoms with E-state index in [1.165, 1.54) is 11.3 Å². The van der Waals surface area contributed by atoms with Crippen LogP contribution in [-0.4, -0.2) is 63.0 Å². The van der Waals surface area contributed by atoms with Crippen molar-refractivity contribution in [3.8, 4) is 22.1 Å². The molecule has 0 unspecified atom stereocenters. The van der Waals surface area contributed by atoms with E-state index in [2.05, 4.69) is 15.2 Å². The molecule has 10 heteroatoms. The maximum Gasteiger partial charge on any atom is 0.339 e. The third-order valence-corrected chi connectivity index (χ3v) is 7.36. The van der Waals surface area contributed by atoms with E-state index in [1.807, 2.05) is 56.3 Å². The fraction of sp³-hybridized carbons (Fsp3) is 0.300. The quantitative estimate of drug-likeness (QED) is 0.257. The van der Waals surface area contributed by atoms with E-state index in [0.29, 0.717) is 59.7 Å². The molecule has 208 valence electrons. The number of carbonyl (C=O) groups is 2. The standard InChI is InChI=1S/C30H31N3O6S/c1-3-37-25-18-24(33-13-15-36-16-14-33)26(38-4-2)17-23(25)31-28(34)19-39-30(35)21-10-6-5-9-20(21)29-32-22-11-7-8-12-27(22)40-29/h5-12,17-18H,3-4,13-16,19H2,1-2H3,(H,31,34). The van der Waals surface area contributed by atoms with Crippen LogP contribution < -0.4 is 19.7 Å². The van der Waals surface area contributed by atoms with E-state index in [0.717, 1.165) is 29.0 Å². The minimum absolute atomic E-state index is 0.345. The number of para-hydroxylation sites is 1. The van der Waals surface area contributed by atoms with Gasteiger partial charge in [0.25, 0.3) is 5.91 Å². The molecule has 4 aromatic rings. The molecular formula is C30H31N3O6S. The number of anilines is 2. The molecule has 2 heterocycles. The second-order valence-electron chi connectivity index (χ2n) is 8.94. The van der Waals surface area contributed by atoms with Gasteiger partial charge in [-0.2, -0.15) is 0 Å². The van der Waals surface area contributed by atoms with Crippen LogP contribution >= 0.6 is 11.3 Å². The van der Waals surface area contributed by atoms with Crippen LogP contribution in [0.15, 0.2) is 60.7 Å². The number of nitrogens with one attached hydrogen (secondary N) is 1. The Morgan fingerprint density at radius 1 is 0.975 bits per heavy atom. The number of ether oxygens (including phenoxy) is 4. The molecule has 40 heavy (non-hydrogen) atoms. The number of amides is 1. The van der Waals surface area contributed by atoms with E-state index in [9.17, 15) is 9.59 Å². The molecule has 0 radical (unpaired) electrons. The number of aromatic nitrogens is 1. The van der Waals surface area contributed by atoms with Gasteiger partial charge in [-0.15, -0.1) is 11.3 Å². The summed E-state index contributed by atoms with van der Waals surface area (Å²) in [6.45, 7) is 6.90. The Kier molecular flexibility index (Phi) is 8.78. The normalized spacial score (nSPS) is 13.2. The van der Waals surface area contributed by atoms with Crippen molar-refractivity contribution in [2.45, 2.75) is 13.8 Å². The monoisotopic (exact) mass is 561 g/mol. The zero-order chi connectivity index (χ0) is 27.9. The summed E-state index contributed by atoms with van der Waals surface area (Å²) in [7, 11) is 0. The number of fused-ring (bicyclic) bond motifs is 1. The Labute approximate surface area is 236 Å². The van der Waals surface area contributed by atoms with Gasteiger partial charge in [-0.3, -0.25) is 4.79 Å². The molecule has 0 atom stereocenters. The van der Waals surface area contributed by atoms with Gasteiger partial charge in [-0.1, -0.05) is 30.3 Å². The average Bonchev–Trinajstić information content (AvgIpc) is 3.42. The number of thiazole rings is 1. The van der Waals surface area contributed by atoms with Crippen molar-refractivity contribution < 1.29 is 28.5 Å². The maximum atomic E-state index is 13.1. The molecule has 1 aromatic heterocycles. The molecule has 0 aliphatic carbocycles. The Bertz CT molecular complexity index is 1470. The van der Waals surface area contributed by atoms with Gasteiger partial charge in [-0.05, 0) is 32.0 Å². The SMILES string of the molecule is CCOc1cc(N2CCOCC2)c(OCC)cc1NC(=O)COC(=O)c1ccccc1-c1nc2ccccc2s1. The van der Waals surface area contributed by atoms with Crippen LogP contribution in [0.2, 0.25) is 0 Å². The predicted molar refractivity (Wildman–Crippen MR) is 156 cm³/mol. The molecule has 1 fully saturated rings. The summed E-state index contributed by atoms with van der Waals surface area (Å²) >= 11 is 1.50. The zero-order valence-electron chi connectivity index (χ0n) is 22.5. The van der Waals surface area contributed by atoms with Gasteiger partial charge in [0, 0.05) is 30.8 Å². The number of esters is 1. The highest BCUT2D eigenvalue weighted by Crippen LogP contribution is 2.39. The van der Waals surface area contributed by atoms with Crippen molar-refractivity contribution in [3.63, 3.8) is 0 Å². The number of morpholine rings is 1. The summed E-state index contributed by atoms with van der Waals surface area (Å²) in [5.41, 5.74) is 3.19. The van der Waals surface area contributed by atoms with Crippen molar-refractivity contribution >= 4 is 44.8 Å². The van der Waals surface area contributed by atoms with Crippen molar-refractivity contribution in [2.24, 2.45) is 0 Å². The number of benzene rings is 3. The van der Waals surface area contributed by atoms with Gasteiger partial charge in [0.15, 0.2) is 6.61 Å². The van der Waals surface area contributed by atoms with Crippen LogP contribution in [0, 0.1) is 0 Å². The van der Waals surface area contributed by atoms with Gasteiger partial charge in [0.2, 0.25) is 0 Å². The Hall–Kier alpha value is -4.15. The highest BCUT2D eigenvalue weighted by molar-refractivity contribution is 7.21. The number of hydrogen-bond donors (Lipinski definition) is 1. The first-order valence-corrected chi connectivity index (χ1v) is 14.1. The number of rotatable bonds is 10. The van der Waals surface area contributed by atoms with E-state index in [-0.39, 0.29) is 0 Å². The van der Waals surface area contributed by atoms with Crippen LogP contribution in [0.4, 0.5) is 11.4 Å². The largest absolute Gasteiger partial charge is 0.492 e. The summed E-state index contributed by atoms with van der Waals surface area (Å²) in [6, 6.07) is 18.5. The molecule has 1 amide bonds. The van der Waals surface area contributed by atoms with Crippen molar-refractivity contribution in [1.29, 1.82) is 0 Å². The molecule has 1 aliphatic rings. The fourth-order valence-corrected chi connectivity index (χ4v) is 5.48. The molecule has 1 aliphatic heterocycles. The topological polar surface area (TPSA) is 99.2 Å². The highest BCUT2D eigenvalue weighted by Gasteiger charge is 2.22. The first-order chi connectivity index (χ1) is 19.6. The minimum atomic E-state index is -0.604. The average molecular weight is 562 g/mol. The van der Waals surface area contributed by atoms with Crippen molar-refractivity contribution in [1.82, 2.24) is 4.98 Å². The minimum Gasteiger partial charge on any atom is -0.492 e. The highest BCUT2D eigenvalue weighted by atomic mass is 32.1. The maximum absolute atomic E-state index is 13.1. The molecule has 1 N–H and O–H groups in total. The molecule has 0 saturated carbocycles. The second-order valence-corrected chi connectivity index (χ2v) is 9.97. The number of carbonyl (C=O) groups excluding carboxylic acids is 2. The fourth-order valence-electron chi connectivity index (χ4n) is 4.47. The third-order valence-electron chi connectivity index (χ3n) is 6.29. The van der Waals surface area contributed by atoms with Gasteiger partial charge in [0.05, 0.1) is 53.6 Å². The van der Waals surface area contributed by atoms with E-state index >= 15 is 0 Å². The summed E-state index contributed by atoms with van der Waals surface area (Å²) in [5.74, 6) is 0.0410. The van der Waals surface area contributed by atoms with Crippen molar-refractivity contribution in [3.05, 3.63) is 66.2 Å². The number of hydrogen-bond acceptors (Lipinski definition) is 9. The third kappa shape index (κ3) is 6.19. The van der Waals surface area contributed by atoms with E-state index < -0.39 is 18.5 Å². The van der Waals surface area contributed by atoms with Gasteiger partial charge in [-0.25, -0.2) is 9.78 Å². The Morgan fingerprint density at radius 2 is 1.70 bits per heavy atom. The van der Waals surface area contributed by atoms with Crippen LogP contribution in [-0.2, 0) is 14.3 Å². The molecule has 1 saturated heterocycles. The van der Waals surface area contributed by atoms with E-state index in [1.54, 1.807) is 18.2 Å². The molecule has 0 bridgehead atoms. The lowest BCUT2D eigenvalue weighted by molar-refractivity contribution is -0.119. The molecular weight excluding hydrogens is 530 g/mol. The van der Waals surface area contributed by atoms with Crippen LogP contribution in [0.3, 0.4) is 0 Å². The van der Waals surface area contributed by atoms with Gasteiger partial charge >= 0.3 is 5.97 Å². The summed E-state index contributed by atoms with van der Waals surface area (Å²) in [4.78, 5) is 32.8. The predicted octanol–water partition coefficient (Wildman–Crippen LogP) is 5.39. The first-order valence-electron chi connectivity index (χ1n) is 13.3. The lowest BCUT2D eigenvalue weighted by atomic mass is 10.1. The van der Waals surface area contributed by atoms with Crippen molar-refractivity contribution in [2.75, 3.05) is 56.3 Å². The van der Waals surface area contributed by atoms with E-state index in [4.69, 9.17) is 18.9 Å². The summed E-state index contributed by atoms with van der Waals surface area (Å²) in [5, 5.41) is 3.53. The van der Waals surface area contributed by atoms with Crippen LogP contribution in [0.25, 0.3) is 20.8 Å². The molecule has 5 rings (SSSR count). The molecule has 0 spiro atoms. The number of nitrogens with zero attached hydrogens (tertiary/aromatic N) is 2. The molecule has 9 nitrogen and oxygen atoms in total. The smallest absolute Gasteiger partial charge is 0.339 e. The lowest BCUT2D eigenvalue weighted by Crippen LogP contribution is -2.36.